The van der Waals surface area contributed by atoms with Crippen LogP contribution in [0.25, 0.3) is 11.3 Å². The minimum Gasteiger partial charge on any atom is -0.494 e. The molecular formula is C19H16FN3O3. The molecule has 0 aliphatic rings. The van der Waals surface area contributed by atoms with E-state index in [-0.39, 0.29) is 12.3 Å². The first-order chi connectivity index (χ1) is 12.6. The van der Waals surface area contributed by atoms with Gasteiger partial charge in [0.15, 0.2) is 0 Å². The number of methoxy groups -OCH3 is 1. The van der Waals surface area contributed by atoms with Crippen LogP contribution in [-0.2, 0) is 11.3 Å². The average Bonchev–Trinajstić information content (AvgIpc) is 2.65. The molecule has 0 bridgehead atoms. The van der Waals surface area contributed by atoms with Crippen LogP contribution in [0.2, 0.25) is 0 Å². The van der Waals surface area contributed by atoms with Crippen molar-refractivity contribution in [3.63, 3.8) is 0 Å². The molecule has 26 heavy (non-hydrogen) atoms. The summed E-state index contributed by atoms with van der Waals surface area (Å²) in [5.41, 5.74) is 1.33. The Bertz CT molecular complexity index is 987. The van der Waals surface area contributed by atoms with E-state index < -0.39 is 17.3 Å². The van der Waals surface area contributed by atoms with E-state index in [1.807, 2.05) is 30.3 Å². The van der Waals surface area contributed by atoms with Gasteiger partial charge in [-0.3, -0.25) is 9.59 Å². The zero-order valence-electron chi connectivity index (χ0n) is 14.0. The van der Waals surface area contributed by atoms with Crippen molar-refractivity contribution >= 4 is 11.6 Å². The van der Waals surface area contributed by atoms with Gasteiger partial charge in [-0.1, -0.05) is 30.3 Å². The highest BCUT2D eigenvalue weighted by molar-refractivity contribution is 5.92. The Morgan fingerprint density at radius 3 is 2.65 bits per heavy atom. The van der Waals surface area contributed by atoms with Crippen molar-refractivity contribution in [1.82, 2.24) is 9.78 Å². The maximum Gasteiger partial charge on any atom is 0.267 e. The molecule has 1 amide bonds. The van der Waals surface area contributed by atoms with Crippen LogP contribution in [0.4, 0.5) is 10.1 Å². The fourth-order valence-corrected chi connectivity index (χ4v) is 2.42. The molecule has 1 heterocycles. The van der Waals surface area contributed by atoms with Gasteiger partial charge in [-0.2, -0.15) is 5.10 Å². The van der Waals surface area contributed by atoms with Crippen molar-refractivity contribution in [3.05, 3.63) is 76.8 Å². The van der Waals surface area contributed by atoms with Crippen LogP contribution >= 0.6 is 0 Å². The molecule has 3 rings (SSSR count). The summed E-state index contributed by atoms with van der Waals surface area (Å²) in [6.45, 7) is -0.278. The van der Waals surface area contributed by atoms with E-state index in [1.54, 1.807) is 6.07 Å². The zero-order valence-corrected chi connectivity index (χ0v) is 14.0. The molecule has 132 valence electrons. The molecule has 0 fully saturated rings. The first-order valence-electron chi connectivity index (χ1n) is 7.84. The standard InChI is InChI=1S/C19H16FN3O3/c1-26-17-11-14(20)7-8-16(17)21-18(24)12-23-19(25)10-9-15(22-23)13-5-3-2-4-6-13/h2-11H,12H2,1H3,(H,21,24). The van der Waals surface area contributed by atoms with E-state index in [0.29, 0.717) is 11.4 Å². The van der Waals surface area contributed by atoms with E-state index in [1.165, 1.54) is 25.3 Å². The van der Waals surface area contributed by atoms with Gasteiger partial charge in [0.25, 0.3) is 5.56 Å². The molecule has 0 saturated heterocycles. The lowest BCUT2D eigenvalue weighted by Crippen LogP contribution is -2.29. The van der Waals surface area contributed by atoms with Gasteiger partial charge in [0.05, 0.1) is 18.5 Å². The Morgan fingerprint density at radius 1 is 1.15 bits per heavy atom. The summed E-state index contributed by atoms with van der Waals surface area (Å²) in [4.78, 5) is 24.3. The molecule has 3 aromatic rings. The van der Waals surface area contributed by atoms with Crippen LogP contribution in [-0.4, -0.2) is 22.8 Å². The Kier molecular flexibility index (Phi) is 5.07. The third-order valence-corrected chi connectivity index (χ3v) is 3.67. The number of nitrogens with one attached hydrogen (secondary N) is 1. The molecular weight excluding hydrogens is 337 g/mol. The predicted molar refractivity (Wildman–Crippen MR) is 95.5 cm³/mol. The largest absolute Gasteiger partial charge is 0.494 e. The molecule has 0 radical (unpaired) electrons. The highest BCUT2D eigenvalue weighted by Gasteiger charge is 2.11. The second-order valence-corrected chi connectivity index (χ2v) is 5.47. The highest BCUT2D eigenvalue weighted by Crippen LogP contribution is 2.24. The fraction of sp³-hybridized carbons (Fsp3) is 0.105. The van der Waals surface area contributed by atoms with Gasteiger partial charge in [0.1, 0.15) is 18.1 Å². The van der Waals surface area contributed by atoms with E-state index in [4.69, 9.17) is 4.74 Å². The van der Waals surface area contributed by atoms with Crippen LogP contribution in [0.5, 0.6) is 5.75 Å². The molecule has 0 saturated carbocycles. The number of nitrogens with zero attached hydrogens (tertiary/aromatic N) is 2. The minimum absolute atomic E-state index is 0.191. The number of aromatic nitrogens is 2. The lowest BCUT2D eigenvalue weighted by molar-refractivity contribution is -0.117. The number of hydrogen-bond acceptors (Lipinski definition) is 4. The summed E-state index contributed by atoms with van der Waals surface area (Å²) in [6, 6.07) is 16.1. The third kappa shape index (κ3) is 3.94. The van der Waals surface area contributed by atoms with Gasteiger partial charge < -0.3 is 10.1 Å². The van der Waals surface area contributed by atoms with Crippen LogP contribution in [0.1, 0.15) is 0 Å². The zero-order chi connectivity index (χ0) is 18.5. The van der Waals surface area contributed by atoms with Crippen molar-refractivity contribution in [2.75, 3.05) is 12.4 Å². The second-order valence-electron chi connectivity index (χ2n) is 5.47. The van der Waals surface area contributed by atoms with Crippen LogP contribution in [0, 0.1) is 5.82 Å². The van der Waals surface area contributed by atoms with Crippen molar-refractivity contribution in [1.29, 1.82) is 0 Å². The van der Waals surface area contributed by atoms with Gasteiger partial charge >= 0.3 is 0 Å². The third-order valence-electron chi connectivity index (χ3n) is 3.67. The molecule has 0 atom stereocenters. The number of carbonyl (C=O) groups is 1. The summed E-state index contributed by atoms with van der Waals surface area (Å²) < 4.78 is 19.3. The highest BCUT2D eigenvalue weighted by atomic mass is 19.1. The summed E-state index contributed by atoms with van der Waals surface area (Å²) in [5, 5.41) is 6.83. The Hall–Kier alpha value is -3.48. The van der Waals surface area contributed by atoms with Crippen molar-refractivity contribution < 1.29 is 13.9 Å². The lowest BCUT2D eigenvalue weighted by Gasteiger charge is -2.11. The molecule has 0 spiro atoms. The van der Waals surface area contributed by atoms with E-state index >= 15 is 0 Å². The number of carbonyl (C=O) groups excluding carboxylic acids is 1. The molecule has 1 aromatic heterocycles. The van der Waals surface area contributed by atoms with Gasteiger partial charge in [-0.15, -0.1) is 0 Å². The molecule has 1 N–H and O–H groups in total. The quantitative estimate of drug-likeness (QED) is 0.765. The topological polar surface area (TPSA) is 73.2 Å². The molecule has 7 heteroatoms. The monoisotopic (exact) mass is 353 g/mol. The van der Waals surface area contributed by atoms with Gasteiger partial charge in [-0.25, -0.2) is 9.07 Å². The average molecular weight is 353 g/mol. The number of hydrogen-bond donors (Lipinski definition) is 1. The van der Waals surface area contributed by atoms with Gasteiger partial charge in [0.2, 0.25) is 5.91 Å². The maximum atomic E-state index is 13.2. The van der Waals surface area contributed by atoms with Gasteiger partial charge in [-0.05, 0) is 18.2 Å². The first-order valence-corrected chi connectivity index (χ1v) is 7.84. The van der Waals surface area contributed by atoms with Crippen molar-refractivity contribution in [2.24, 2.45) is 0 Å². The number of anilines is 1. The Morgan fingerprint density at radius 2 is 1.92 bits per heavy atom. The van der Waals surface area contributed by atoms with E-state index in [0.717, 1.165) is 16.3 Å². The summed E-state index contributed by atoms with van der Waals surface area (Å²) >= 11 is 0. The lowest BCUT2D eigenvalue weighted by atomic mass is 10.1. The molecule has 0 aliphatic heterocycles. The van der Waals surface area contributed by atoms with Crippen LogP contribution < -0.4 is 15.6 Å². The number of rotatable bonds is 5. The molecule has 0 unspecified atom stereocenters. The SMILES string of the molecule is COc1cc(F)ccc1NC(=O)Cn1nc(-c2ccccc2)ccc1=O. The second kappa shape index (κ2) is 7.60. The van der Waals surface area contributed by atoms with Crippen LogP contribution in [0.15, 0.2) is 65.5 Å². The Balaban J connectivity index is 1.80. The van der Waals surface area contributed by atoms with Crippen molar-refractivity contribution in [2.45, 2.75) is 6.54 Å². The number of ether oxygens (including phenoxy) is 1. The normalized spacial score (nSPS) is 10.4. The molecule has 2 aromatic carbocycles. The minimum atomic E-state index is -0.478. The Labute approximate surface area is 148 Å². The predicted octanol–water partition coefficient (Wildman–Crippen LogP) is 2.70. The van der Waals surface area contributed by atoms with Crippen LogP contribution in [0.3, 0.4) is 0 Å². The van der Waals surface area contributed by atoms with Gasteiger partial charge in [0, 0.05) is 17.7 Å². The molecule has 6 nitrogen and oxygen atoms in total. The fourth-order valence-electron chi connectivity index (χ4n) is 2.42. The van der Waals surface area contributed by atoms with Crippen molar-refractivity contribution in [3.8, 4) is 17.0 Å². The number of benzene rings is 2. The van der Waals surface area contributed by atoms with E-state index in [2.05, 4.69) is 10.4 Å². The summed E-state index contributed by atoms with van der Waals surface area (Å²) in [7, 11) is 1.37. The number of halogens is 1. The van der Waals surface area contributed by atoms with E-state index in [9.17, 15) is 14.0 Å². The number of amides is 1. The smallest absolute Gasteiger partial charge is 0.267 e. The molecule has 0 aliphatic carbocycles. The summed E-state index contributed by atoms with van der Waals surface area (Å²) in [6.07, 6.45) is 0. The first kappa shape index (κ1) is 17.3. The maximum absolute atomic E-state index is 13.2. The summed E-state index contributed by atoms with van der Waals surface area (Å²) in [5.74, 6) is -0.764.